The molecule has 35 heavy (non-hydrogen) atoms. The molecule has 0 N–H and O–H groups in total. The first-order valence-corrected chi connectivity index (χ1v) is 12.6. The first-order chi connectivity index (χ1) is 16.5. The Morgan fingerprint density at radius 3 is 2.49 bits per heavy atom. The number of amides is 1. The summed E-state index contributed by atoms with van der Waals surface area (Å²) in [6.45, 7) is 12.4. The van der Waals surface area contributed by atoms with Crippen LogP contribution >= 0.6 is 0 Å². The number of hydrogen-bond acceptors (Lipinski definition) is 6. The number of carbonyl (C=O) groups is 1. The van der Waals surface area contributed by atoms with Crippen LogP contribution < -0.4 is 4.74 Å². The third kappa shape index (κ3) is 8.25. The highest BCUT2D eigenvalue weighted by Gasteiger charge is 2.22. The van der Waals surface area contributed by atoms with E-state index in [-0.39, 0.29) is 18.4 Å². The van der Waals surface area contributed by atoms with Gasteiger partial charge in [-0.05, 0) is 85.2 Å². The Morgan fingerprint density at radius 2 is 1.89 bits per heavy atom. The second kappa shape index (κ2) is 11.9. The highest BCUT2D eigenvalue weighted by atomic mass is 16.6. The lowest BCUT2D eigenvalue weighted by atomic mass is 10.1. The maximum Gasteiger partial charge on any atom is 0.410 e. The molecule has 1 aromatic heterocycles. The van der Waals surface area contributed by atoms with Gasteiger partial charge in [-0.15, -0.1) is 0 Å². The summed E-state index contributed by atoms with van der Waals surface area (Å²) in [4.78, 5) is 16.1. The molecule has 0 bridgehead atoms. The molecular weight excluding hydrogens is 444 g/mol. The van der Waals surface area contributed by atoms with Gasteiger partial charge >= 0.3 is 6.09 Å². The molecule has 1 aliphatic rings. The molecule has 1 unspecified atom stereocenters. The third-order valence-corrected chi connectivity index (χ3v) is 5.72. The highest BCUT2D eigenvalue weighted by Crippen LogP contribution is 2.29. The Morgan fingerprint density at radius 1 is 1.17 bits per heavy atom. The average molecular weight is 487 g/mol. The summed E-state index contributed by atoms with van der Waals surface area (Å²) in [6.07, 6.45) is 5.12. The molecule has 1 aliphatic heterocycles. The van der Waals surface area contributed by atoms with Gasteiger partial charge in [-0.1, -0.05) is 0 Å². The standard InChI is InChI=1S/C27H42N4O4/c1-20(2)34-23-13-11-21(12-14-23)25-22(19-31(28-25)24-10-8-9-17-33-24)18-29(6)15-16-30(7)26(32)35-27(3,4)5/h11-14,19-20,24H,8-10,15-18H2,1-7H3. The largest absolute Gasteiger partial charge is 0.491 e. The predicted molar refractivity (Wildman–Crippen MR) is 137 cm³/mol. The molecule has 1 aromatic carbocycles. The number of carbonyl (C=O) groups excluding carboxylic acids is 1. The van der Waals surface area contributed by atoms with Crippen molar-refractivity contribution in [1.29, 1.82) is 0 Å². The number of benzene rings is 1. The van der Waals surface area contributed by atoms with Crippen molar-refractivity contribution in [3.63, 3.8) is 0 Å². The summed E-state index contributed by atoms with van der Waals surface area (Å²) >= 11 is 0. The van der Waals surface area contributed by atoms with E-state index in [1.165, 1.54) is 0 Å². The average Bonchev–Trinajstić information content (AvgIpc) is 3.20. The molecule has 0 saturated carbocycles. The number of nitrogens with zero attached hydrogens (tertiary/aromatic N) is 4. The van der Waals surface area contributed by atoms with E-state index in [0.29, 0.717) is 19.6 Å². The van der Waals surface area contributed by atoms with Crippen molar-refractivity contribution in [1.82, 2.24) is 19.6 Å². The number of rotatable bonds is 9. The van der Waals surface area contributed by atoms with E-state index in [1.807, 2.05) is 51.4 Å². The maximum atomic E-state index is 12.3. The molecule has 2 aromatic rings. The van der Waals surface area contributed by atoms with Crippen LogP contribution in [0.5, 0.6) is 5.75 Å². The lowest BCUT2D eigenvalue weighted by Crippen LogP contribution is -2.38. The zero-order valence-electron chi connectivity index (χ0n) is 22.4. The number of likely N-dealkylation sites (N-methyl/N-ethyl adjacent to an activating group) is 2. The summed E-state index contributed by atoms with van der Waals surface area (Å²) < 4.78 is 19.2. The number of ether oxygens (including phenoxy) is 3. The molecule has 8 heteroatoms. The van der Waals surface area contributed by atoms with Crippen LogP contribution in [0.3, 0.4) is 0 Å². The Balaban J connectivity index is 1.73. The molecule has 2 heterocycles. The minimum atomic E-state index is -0.502. The lowest BCUT2D eigenvalue weighted by molar-refractivity contribution is -0.0394. The van der Waals surface area contributed by atoms with Crippen LogP contribution in [-0.2, 0) is 16.0 Å². The Labute approximate surface area is 210 Å². The fraction of sp³-hybridized carbons (Fsp3) is 0.630. The fourth-order valence-electron chi connectivity index (χ4n) is 3.95. The molecule has 3 rings (SSSR count). The Hall–Kier alpha value is -2.58. The molecule has 1 fully saturated rings. The SMILES string of the molecule is CC(C)Oc1ccc(-c2nn(C3CCCCO3)cc2CN(C)CCN(C)C(=O)OC(C)(C)C)cc1. The molecule has 1 atom stereocenters. The topological polar surface area (TPSA) is 69.1 Å². The van der Waals surface area contributed by atoms with Crippen molar-refractivity contribution in [2.24, 2.45) is 0 Å². The predicted octanol–water partition coefficient (Wildman–Crippen LogP) is 5.34. The van der Waals surface area contributed by atoms with E-state index >= 15 is 0 Å². The van der Waals surface area contributed by atoms with Gasteiger partial charge in [0.15, 0.2) is 0 Å². The minimum absolute atomic E-state index is 0.0246. The van der Waals surface area contributed by atoms with Gasteiger partial charge in [0.05, 0.1) is 11.8 Å². The molecule has 1 amide bonds. The molecule has 0 spiro atoms. The fourth-order valence-corrected chi connectivity index (χ4v) is 3.95. The summed E-state index contributed by atoms with van der Waals surface area (Å²) in [6, 6.07) is 8.11. The van der Waals surface area contributed by atoms with Crippen molar-refractivity contribution < 1.29 is 19.0 Å². The third-order valence-electron chi connectivity index (χ3n) is 5.72. The van der Waals surface area contributed by atoms with E-state index in [2.05, 4.69) is 30.3 Å². The first-order valence-electron chi connectivity index (χ1n) is 12.6. The van der Waals surface area contributed by atoms with E-state index < -0.39 is 5.60 Å². The Kier molecular flexibility index (Phi) is 9.19. The smallest absolute Gasteiger partial charge is 0.410 e. The van der Waals surface area contributed by atoms with Gasteiger partial charge < -0.3 is 24.0 Å². The molecule has 194 valence electrons. The van der Waals surface area contributed by atoms with Crippen molar-refractivity contribution in [2.45, 2.75) is 78.4 Å². The van der Waals surface area contributed by atoms with Gasteiger partial charge in [0.1, 0.15) is 17.6 Å². The van der Waals surface area contributed by atoms with Crippen LogP contribution in [0, 0.1) is 0 Å². The van der Waals surface area contributed by atoms with Crippen molar-refractivity contribution >= 4 is 6.09 Å². The summed E-state index contributed by atoms with van der Waals surface area (Å²) in [7, 11) is 3.83. The monoisotopic (exact) mass is 486 g/mol. The van der Waals surface area contributed by atoms with E-state index in [9.17, 15) is 4.79 Å². The van der Waals surface area contributed by atoms with Gasteiger partial charge in [-0.25, -0.2) is 9.48 Å². The number of hydrogen-bond donors (Lipinski definition) is 0. The summed E-state index contributed by atoms with van der Waals surface area (Å²) in [5.74, 6) is 0.850. The molecule has 1 saturated heterocycles. The zero-order chi connectivity index (χ0) is 25.6. The minimum Gasteiger partial charge on any atom is -0.491 e. The van der Waals surface area contributed by atoms with E-state index in [1.54, 1.807) is 11.9 Å². The summed E-state index contributed by atoms with van der Waals surface area (Å²) in [5.41, 5.74) is 2.61. The van der Waals surface area contributed by atoms with Gasteiger partial charge in [0.2, 0.25) is 0 Å². The quantitative estimate of drug-likeness (QED) is 0.477. The Bertz CT molecular complexity index is 943. The zero-order valence-corrected chi connectivity index (χ0v) is 22.4. The molecule has 0 radical (unpaired) electrons. The van der Waals surface area contributed by atoms with E-state index in [4.69, 9.17) is 19.3 Å². The highest BCUT2D eigenvalue weighted by molar-refractivity contribution is 5.67. The second-order valence-corrected chi connectivity index (χ2v) is 10.6. The van der Waals surface area contributed by atoms with Crippen molar-refractivity contribution in [3.05, 3.63) is 36.0 Å². The van der Waals surface area contributed by atoms with Crippen molar-refractivity contribution in [2.75, 3.05) is 33.8 Å². The van der Waals surface area contributed by atoms with E-state index in [0.717, 1.165) is 48.4 Å². The maximum absolute atomic E-state index is 12.3. The summed E-state index contributed by atoms with van der Waals surface area (Å²) in [5, 5.41) is 4.95. The molecular formula is C27H42N4O4. The van der Waals surface area contributed by atoms with Crippen LogP contribution in [0.2, 0.25) is 0 Å². The van der Waals surface area contributed by atoms with Gasteiger partial charge in [-0.3, -0.25) is 0 Å². The van der Waals surface area contributed by atoms with Gasteiger partial charge in [-0.2, -0.15) is 5.10 Å². The lowest BCUT2D eigenvalue weighted by Gasteiger charge is -2.26. The number of aromatic nitrogens is 2. The van der Waals surface area contributed by atoms with Gasteiger partial charge in [0, 0.05) is 50.6 Å². The van der Waals surface area contributed by atoms with Gasteiger partial charge in [0.25, 0.3) is 0 Å². The van der Waals surface area contributed by atoms with Crippen LogP contribution in [0.15, 0.2) is 30.5 Å². The normalized spacial score (nSPS) is 16.5. The van der Waals surface area contributed by atoms with Crippen LogP contribution in [-0.4, -0.2) is 71.2 Å². The van der Waals surface area contributed by atoms with Crippen LogP contribution in [0.1, 0.15) is 65.7 Å². The first kappa shape index (κ1) is 27.0. The second-order valence-electron chi connectivity index (χ2n) is 10.6. The molecule has 0 aliphatic carbocycles. The molecule has 8 nitrogen and oxygen atoms in total. The van der Waals surface area contributed by atoms with Crippen LogP contribution in [0.25, 0.3) is 11.3 Å². The van der Waals surface area contributed by atoms with Crippen molar-refractivity contribution in [3.8, 4) is 17.0 Å². The van der Waals surface area contributed by atoms with Crippen LogP contribution in [0.4, 0.5) is 4.79 Å².